The molecule has 0 aliphatic rings. The molecule has 2 rings (SSSR count). The van der Waals surface area contributed by atoms with Crippen molar-refractivity contribution in [2.45, 2.75) is 26.6 Å². The molecular weight excluding hydrogens is 242 g/mol. The van der Waals surface area contributed by atoms with E-state index in [-0.39, 0.29) is 0 Å². The largest absolute Gasteiger partial charge is 0.383 e. The first-order valence-corrected chi connectivity index (χ1v) is 6.54. The number of aryl methyl sites for hydroxylation is 1. The highest BCUT2D eigenvalue weighted by Gasteiger charge is 2.01. The number of nitrogens with zero attached hydrogens (tertiary/aromatic N) is 4. The molecule has 0 aromatic carbocycles. The van der Waals surface area contributed by atoms with E-state index in [9.17, 15) is 0 Å². The smallest absolute Gasteiger partial charge is 0.0690 e. The van der Waals surface area contributed by atoms with Crippen molar-refractivity contribution in [2.75, 3.05) is 20.3 Å². The molecule has 0 radical (unpaired) electrons. The summed E-state index contributed by atoms with van der Waals surface area (Å²) in [5, 5.41) is 11.9. The van der Waals surface area contributed by atoms with Crippen LogP contribution in [0.25, 0.3) is 0 Å². The summed E-state index contributed by atoms with van der Waals surface area (Å²) in [6, 6.07) is 0. The van der Waals surface area contributed by atoms with Crippen LogP contribution in [0.5, 0.6) is 0 Å². The molecular formula is C13H21N5O. The van der Waals surface area contributed by atoms with Crippen LogP contribution >= 0.6 is 0 Å². The van der Waals surface area contributed by atoms with Gasteiger partial charge in [-0.1, -0.05) is 0 Å². The van der Waals surface area contributed by atoms with Gasteiger partial charge in [0, 0.05) is 50.3 Å². The summed E-state index contributed by atoms with van der Waals surface area (Å²) in [4.78, 5) is 0. The minimum Gasteiger partial charge on any atom is -0.383 e. The SMILES string of the molecule is CCn1cc(Cn2cc(CNCCOC)cn2)cn1. The second-order valence-corrected chi connectivity index (χ2v) is 4.42. The van der Waals surface area contributed by atoms with Gasteiger partial charge in [0.15, 0.2) is 0 Å². The van der Waals surface area contributed by atoms with Gasteiger partial charge in [-0.15, -0.1) is 0 Å². The zero-order valence-corrected chi connectivity index (χ0v) is 11.5. The van der Waals surface area contributed by atoms with Crippen molar-refractivity contribution in [3.05, 3.63) is 35.9 Å². The number of hydrogen-bond donors (Lipinski definition) is 1. The lowest BCUT2D eigenvalue weighted by Crippen LogP contribution is -2.18. The van der Waals surface area contributed by atoms with Gasteiger partial charge in [-0.05, 0) is 6.92 Å². The van der Waals surface area contributed by atoms with E-state index in [0.717, 1.165) is 32.8 Å². The molecule has 0 spiro atoms. The van der Waals surface area contributed by atoms with Crippen molar-refractivity contribution in [1.82, 2.24) is 24.9 Å². The van der Waals surface area contributed by atoms with Crippen LogP contribution in [0.15, 0.2) is 24.8 Å². The molecule has 0 aliphatic carbocycles. The maximum atomic E-state index is 4.98. The normalized spacial score (nSPS) is 11.1. The van der Waals surface area contributed by atoms with Gasteiger partial charge >= 0.3 is 0 Å². The van der Waals surface area contributed by atoms with Gasteiger partial charge in [-0.3, -0.25) is 9.36 Å². The first-order valence-electron chi connectivity index (χ1n) is 6.54. The van der Waals surface area contributed by atoms with E-state index in [1.807, 2.05) is 21.8 Å². The standard InChI is InChI=1S/C13H21N5O/c1-3-17-10-13(8-15-17)11-18-9-12(7-16-18)6-14-4-5-19-2/h7-10,14H,3-6,11H2,1-2H3. The van der Waals surface area contributed by atoms with Gasteiger partial charge in [0.25, 0.3) is 0 Å². The van der Waals surface area contributed by atoms with Crippen LogP contribution in [0.2, 0.25) is 0 Å². The Morgan fingerprint density at radius 1 is 1.16 bits per heavy atom. The zero-order valence-electron chi connectivity index (χ0n) is 11.5. The maximum absolute atomic E-state index is 4.98. The second-order valence-electron chi connectivity index (χ2n) is 4.42. The summed E-state index contributed by atoms with van der Waals surface area (Å²) in [5.74, 6) is 0. The first kappa shape index (κ1) is 13.8. The first-order chi connectivity index (χ1) is 9.31. The minimum absolute atomic E-state index is 0.727. The Hall–Kier alpha value is -1.66. The molecule has 0 bridgehead atoms. The lowest BCUT2D eigenvalue weighted by molar-refractivity contribution is 0.199. The van der Waals surface area contributed by atoms with Gasteiger partial charge in [-0.2, -0.15) is 10.2 Å². The van der Waals surface area contributed by atoms with E-state index >= 15 is 0 Å². The Labute approximate surface area is 113 Å². The van der Waals surface area contributed by atoms with Gasteiger partial charge in [-0.25, -0.2) is 0 Å². The molecule has 0 unspecified atom stereocenters. The van der Waals surface area contributed by atoms with Crippen LogP contribution in [0.1, 0.15) is 18.1 Å². The molecule has 0 saturated heterocycles. The van der Waals surface area contributed by atoms with E-state index in [1.54, 1.807) is 7.11 Å². The van der Waals surface area contributed by atoms with E-state index in [4.69, 9.17) is 4.74 Å². The van der Waals surface area contributed by atoms with Crippen molar-refractivity contribution in [3.63, 3.8) is 0 Å². The number of hydrogen-bond acceptors (Lipinski definition) is 4. The third-order valence-electron chi connectivity index (χ3n) is 2.85. The number of methoxy groups -OCH3 is 1. The lowest BCUT2D eigenvalue weighted by Gasteiger charge is -2.01. The number of rotatable bonds is 8. The predicted molar refractivity (Wildman–Crippen MR) is 72.8 cm³/mol. The maximum Gasteiger partial charge on any atom is 0.0690 e. The van der Waals surface area contributed by atoms with Gasteiger partial charge in [0.2, 0.25) is 0 Å². The molecule has 0 amide bonds. The molecule has 6 heteroatoms. The molecule has 19 heavy (non-hydrogen) atoms. The zero-order chi connectivity index (χ0) is 13.5. The lowest BCUT2D eigenvalue weighted by atomic mass is 10.3. The van der Waals surface area contributed by atoms with Crippen LogP contribution in [0.3, 0.4) is 0 Å². The molecule has 0 fully saturated rings. The Morgan fingerprint density at radius 3 is 2.63 bits per heavy atom. The third-order valence-corrected chi connectivity index (χ3v) is 2.85. The average Bonchev–Trinajstić information content (AvgIpc) is 3.05. The fourth-order valence-electron chi connectivity index (χ4n) is 1.84. The van der Waals surface area contributed by atoms with Crippen LogP contribution < -0.4 is 5.32 Å². The molecule has 104 valence electrons. The number of aromatic nitrogens is 4. The number of ether oxygens (including phenoxy) is 1. The van der Waals surface area contributed by atoms with E-state index in [2.05, 4.69) is 34.8 Å². The molecule has 1 N–H and O–H groups in total. The van der Waals surface area contributed by atoms with Gasteiger partial charge in [0.1, 0.15) is 0 Å². The van der Waals surface area contributed by atoms with Crippen LogP contribution in [0, 0.1) is 0 Å². The third kappa shape index (κ3) is 4.18. The van der Waals surface area contributed by atoms with E-state index in [1.165, 1.54) is 11.1 Å². The van der Waals surface area contributed by atoms with Gasteiger partial charge < -0.3 is 10.1 Å². The summed E-state index contributed by atoms with van der Waals surface area (Å²) >= 11 is 0. The molecule has 0 aliphatic heterocycles. The minimum atomic E-state index is 0.727. The van der Waals surface area contributed by atoms with E-state index in [0.29, 0.717) is 0 Å². The Bertz CT molecular complexity index is 491. The van der Waals surface area contributed by atoms with Crippen LogP contribution in [-0.4, -0.2) is 39.8 Å². The van der Waals surface area contributed by atoms with Gasteiger partial charge in [0.05, 0.1) is 25.5 Å². The predicted octanol–water partition coefficient (Wildman–Crippen LogP) is 0.884. The van der Waals surface area contributed by atoms with Crippen molar-refractivity contribution in [1.29, 1.82) is 0 Å². The van der Waals surface area contributed by atoms with Crippen LogP contribution in [0.4, 0.5) is 0 Å². The van der Waals surface area contributed by atoms with Crippen molar-refractivity contribution < 1.29 is 4.74 Å². The summed E-state index contributed by atoms with van der Waals surface area (Å²) in [7, 11) is 1.70. The van der Waals surface area contributed by atoms with Crippen LogP contribution in [-0.2, 0) is 24.4 Å². The van der Waals surface area contributed by atoms with Crippen molar-refractivity contribution in [2.24, 2.45) is 0 Å². The highest BCUT2D eigenvalue weighted by molar-refractivity contribution is 5.08. The van der Waals surface area contributed by atoms with E-state index < -0.39 is 0 Å². The van der Waals surface area contributed by atoms with Crippen molar-refractivity contribution >= 4 is 0 Å². The fraction of sp³-hybridized carbons (Fsp3) is 0.538. The summed E-state index contributed by atoms with van der Waals surface area (Å²) in [6.07, 6.45) is 7.90. The Morgan fingerprint density at radius 2 is 1.89 bits per heavy atom. The summed E-state index contributed by atoms with van der Waals surface area (Å²) in [5.41, 5.74) is 2.35. The molecule has 2 aromatic rings. The quantitative estimate of drug-likeness (QED) is 0.718. The molecule has 6 nitrogen and oxygen atoms in total. The molecule has 2 aromatic heterocycles. The fourth-order valence-corrected chi connectivity index (χ4v) is 1.84. The second kappa shape index (κ2) is 7.06. The highest BCUT2D eigenvalue weighted by atomic mass is 16.5. The highest BCUT2D eigenvalue weighted by Crippen LogP contribution is 2.03. The van der Waals surface area contributed by atoms with Crippen molar-refractivity contribution in [3.8, 4) is 0 Å². The molecule has 0 saturated carbocycles. The summed E-state index contributed by atoms with van der Waals surface area (Å²) in [6.45, 7) is 6.13. The topological polar surface area (TPSA) is 56.9 Å². The average molecular weight is 263 g/mol. The monoisotopic (exact) mass is 263 g/mol. The molecule has 2 heterocycles. The Kier molecular flexibility index (Phi) is 5.11. The number of nitrogens with one attached hydrogen (secondary N) is 1. The summed E-state index contributed by atoms with van der Waals surface area (Å²) < 4.78 is 8.84. The Balaban J connectivity index is 1.83. The molecule has 0 atom stereocenters.